The van der Waals surface area contributed by atoms with Crippen LogP contribution in [0.3, 0.4) is 0 Å². The summed E-state index contributed by atoms with van der Waals surface area (Å²) in [7, 11) is -3.79. The van der Waals surface area contributed by atoms with Gasteiger partial charge in [-0.3, -0.25) is 10.1 Å². The van der Waals surface area contributed by atoms with Crippen LogP contribution in [0.15, 0.2) is 52.7 Å². The van der Waals surface area contributed by atoms with Crippen LogP contribution < -0.4 is 5.32 Å². The molecule has 0 saturated carbocycles. The number of hydrogen-bond acceptors (Lipinski definition) is 5. The first-order valence-corrected chi connectivity index (χ1v) is 12.7. The van der Waals surface area contributed by atoms with Gasteiger partial charge < -0.3 is 0 Å². The highest BCUT2D eigenvalue weighted by Gasteiger charge is 2.25. The molecular formula is C22H24ClN3O3S2. The van der Waals surface area contributed by atoms with E-state index in [1.165, 1.54) is 39.4 Å². The number of aryl methyl sites for hydroxylation is 1. The maximum atomic E-state index is 12.9. The lowest BCUT2D eigenvalue weighted by molar-refractivity contribution is 0.102. The normalized spacial score (nSPS) is 11.6. The van der Waals surface area contributed by atoms with Gasteiger partial charge in [0.1, 0.15) is 4.90 Å². The van der Waals surface area contributed by atoms with E-state index in [-0.39, 0.29) is 15.5 Å². The summed E-state index contributed by atoms with van der Waals surface area (Å²) in [6.45, 7) is 6.23. The number of anilines is 1. The summed E-state index contributed by atoms with van der Waals surface area (Å²) in [5.74, 6) is -0.449. The van der Waals surface area contributed by atoms with E-state index in [1.807, 2.05) is 17.5 Å². The second-order valence-electron chi connectivity index (χ2n) is 6.78. The Labute approximate surface area is 191 Å². The number of carbonyl (C=O) groups excluding carboxylic acids is 1. The Hall–Kier alpha value is -2.26. The number of benzene rings is 2. The molecule has 0 bridgehead atoms. The van der Waals surface area contributed by atoms with Gasteiger partial charge in [0.2, 0.25) is 10.0 Å². The first-order chi connectivity index (χ1) is 14.8. The molecule has 0 aliphatic rings. The highest BCUT2D eigenvalue weighted by molar-refractivity contribution is 7.89. The van der Waals surface area contributed by atoms with Crippen LogP contribution in [0.5, 0.6) is 0 Å². The van der Waals surface area contributed by atoms with Crippen LogP contribution in [0.4, 0.5) is 5.13 Å². The zero-order valence-electron chi connectivity index (χ0n) is 17.6. The third-order valence-electron chi connectivity index (χ3n) is 4.90. The Kier molecular flexibility index (Phi) is 7.48. The van der Waals surface area contributed by atoms with Crippen molar-refractivity contribution in [3.63, 3.8) is 0 Å². The molecule has 0 fully saturated rings. The van der Waals surface area contributed by atoms with Crippen molar-refractivity contribution in [1.82, 2.24) is 9.29 Å². The zero-order chi connectivity index (χ0) is 22.6. The van der Waals surface area contributed by atoms with Gasteiger partial charge in [0.25, 0.3) is 5.91 Å². The lowest BCUT2D eigenvalue weighted by Gasteiger charge is -2.19. The molecule has 1 amide bonds. The Balaban J connectivity index is 1.82. The van der Waals surface area contributed by atoms with Crippen LogP contribution in [-0.4, -0.2) is 36.7 Å². The van der Waals surface area contributed by atoms with Gasteiger partial charge in [0, 0.05) is 29.6 Å². The molecule has 3 aromatic rings. The van der Waals surface area contributed by atoms with Crippen LogP contribution in [0.25, 0.3) is 11.3 Å². The summed E-state index contributed by atoms with van der Waals surface area (Å²) in [5, 5.41) is 5.13. The fraction of sp³-hybridized carbons (Fsp3) is 0.273. The fourth-order valence-corrected chi connectivity index (χ4v) is 5.76. The molecule has 0 unspecified atom stereocenters. The number of sulfonamides is 1. The van der Waals surface area contributed by atoms with Crippen LogP contribution in [-0.2, 0) is 16.4 Å². The molecule has 1 heterocycles. The molecule has 1 aromatic heterocycles. The molecule has 1 N–H and O–H groups in total. The van der Waals surface area contributed by atoms with Gasteiger partial charge in [-0.2, -0.15) is 4.31 Å². The minimum atomic E-state index is -3.79. The smallest absolute Gasteiger partial charge is 0.257 e. The second kappa shape index (κ2) is 9.91. The van der Waals surface area contributed by atoms with Gasteiger partial charge >= 0.3 is 0 Å². The standard InChI is InChI=1S/C22H24ClN3O3S2/c1-4-15-7-9-16(10-8-15)19-14-30-22(24-19)25-21(27)17-11-12-18(23)20(13-17)31(28,29)26(5-2)6-3/h7-14H,4-6H2,1-3H3,(H,24,25,27). The Morgan fingerprint density at radius 2 is 1.77 bits per heavy atom. The van der Waals surface area contributed by atoms with E-state index in [1.54, 1.807) is 13.8 Å². The molecule has 0 saturated heterocycles. The number of carbonyl (C=O) groups is 1. The average Bonchev–Trinajstić information content (AvgIpc) is 3.23. The predicted octanol–water partition coefficient (Wildman–Crippen LogP) is 5.31. The molecule has 0 spiro atoms. The molecule has 9 heteroatoms. The number of aromatic nitrogens is 1. The zero-order valence-corrected chi connectivity index (χ0v) is 19.9. The second-order valence-corrected chi connectivity index (χ2v) is 9.95. The number of amides is 1. The van der Waals surface area contributed by atoms with Gasteiger partial charge in [-0.05, 0) is 30.2 Å². The van der Waals surface area contributed by atoms with Crippen LogP contribution >= 0.6 is 22.9 Å². The first-order valence-electron chi connectivity index (χ1n) is 9.96. The highest BCUT2D eigenvalue weighted by Crippen LogP contribution is 2.28. The summed E-state index contributed by atoms with van der Waals surface area (Å²) in [4.78, 5) is 17.1. The van der Waals surface area contributed by atoms with Crippen molar-refractivity contribution in [1.29, 1.82) is 0 Å². The fourth-order valence-electron chi connectivity index (χ4n) is 3.09. The molecule has 6 nitrogen and oxygen atoms in total. The summed E-state index contributed by atoms with van der Waals surface area (Å²) in [6, 6.07) is 12.3. The summed E-state index contributed by atoms with van der Waals surface area (Å²) in [5.41, 5.74) is 3.17. The van der Waals surface area contributed by atoms with Crippen molar-refractivity contribution in [2.24, 2.45) is 0 Å². The lowest BCUT2D eigenvalue weighted by atomic mass is 10.1. The lowest BCUT2D eigenvalue weighted by Crippen LogP contribution is -2.31. The van der Waals surface area contributed by atoms with Crippen LogP contribution in [0.1, 0.15) is 36.7 Å². The summed E-state index contributed by atoms with van der Waals surface area (Å²) < 4.78 is 27.0. The molecule has 0 aliphatic heterocycles. The third kappa shape index (κ3) is 5.15. The number of nitrogens with zero attached hydrogens (tertiary/aromatic N) is 2. The SMILES string of the molecule is CCc1ccc(-c2csc(NC(=O)c3ccc(Cl)c(S(=O)(=O)N(CC)CC)c3)n2)cc1. The Bertz CT molecular complexity index is 1170. The molecule has 2 aromatic carbocycles. The van der Waals surface area contributed by atoms with Crippen molar-refractivity contribution in [3.05, 3.63) is 64.0 Å². The third-order valence-corrected chi connectivity index (χ3v) is 8.19. The molecule has 0 aliphatic carbocycles. The van der Waals surface area contributed by atoms with E-state index in [2.05, 4.69) is 29.4 Å². The van der Waals surface area contributed by atoms with E-state index in [9.17, 15) is 13.2 Å². The van der Waals surface area contributed by atoms with Crippen molar-refractivity contribution in [2.45, 2.75) is 32.1 Å². The molecule has 0 radical (unpaired) electrons. The number of halogens is 1. The quantitative estimate of drug-likeness (QED) is 0.476. The first kappa shape index (κ1) is 23.4. The van der Waals surface area contributed by atoms with E-state index in [0.29, 0.717) is 18.2 Å². The van der Waals surface area contributed by atoms with Gasteiger partial charge in [-0.15, -0.1) is 11.3 Å². The minimum Gasteiger partial charge on any atom is -0.298 e. The number of rotatable bonds is 8. The van der Waals surface area contributed by atoms with Crippen LogP contribution in [0.2, 0.25) is 5.02 Å². The average molecular weight is 478 g/mol. The van der Waals surface area contributed by atoms with E-state index in [4.69, 9.17) is 11.6 Å². The highest BCUT2D eigenvalue weighted by atomic mass is 35.5. The van der Waals surface area contributed by atoms with Gasteiger partial charge in [0.05, 0.1) is 10.7 Å². The van der Waals surface area contributed by atoms with Gasteiger partial charge in [0.15, 0.2) is 5.13 Å². The summed E-state index contributed by atoms with van der Waals surface area (Å²) >= 11 is 7.46. The van der Waals surface area contributed by atoms with Crippen molar-refractivity contribution < 1.29 is 13.2 Å². The van der Waals surface area contributed by atoms with Crippen molar-refractivity contribution >= 4 is 44.0 Å². The maximum Gasteiger partial charge on any atom is 0.257 e. The molecular weight excluding hydrogens is 454 g/mol. The molecule has 3 rings (SSSR count). The Morgan fingerprint density at radius 1 is 1.10 bits per heavy atom. The molecule has 31 heavy (non-hydrogen) atoms. The van der Waals surface area contributed by atoms with E-state index < -0.39 is 15.9 Å². The van der Waals surface area contributed by atoms with Gasteiger partial charge in [-0.1, -0.05) is 56.6 Å². The Morgan fingerprint density at radius 3 is 2.39 bits per heavy atom. The maximum absolute atomic E-state index is 12.9. The monoisotopic (exact) mass is 477 g/mol. The summed E-state index contributed by atoms with van der Waals surface area (Å²) in [6.07, 6.45) is 0.964. The topological polar surface area (TPSA) is 79.4 Å². The van der Waals surface area contributed by atoms with Crippen molar-refractivity contribution in [2.75, 3.05) is 18.4 Å². The number of nitrogens with one attached hydrogen (secondary N) is 1. The van der Waals surface area contributed by atoms with E-state index in [0.717, 1.165) is 17.7 Å². The van der Waals surface area contributed by atoms with Crippen LogP contribution in [0, 0.1) is 0 Å². The predicted molar refractivity (Wildman–Crippen MR) is 126 cm³/mol. The van der Waals surface area contributed by atoms with Gasteiger partial charge in [-0.25, -0.2) is 13.4 Å². The molecule has 164 valence electrons. The van der Waals surface area contributed by atoms with Crippen molar-refractivity contribution in [3.8, 4) is 11.3 Å². The minimum absolute atomic E-state index is 0.0792. The largest absolute Gasteiger partial charge is 0.298 e. The number of hydrogen-bond donors (Lipinski definition) is 1. The van der Waals surface area contributed by atoms with E-state index >= 15 is 0 Å². The molecule has 0 atom stereocenters. The number of thiazole rings is 1.